The molecule has 4 rings (SSSR count). The molecule has 0 unspecified atom stereocenters. The quantitative estimate of drug-likeness (QED) is 0.572. The summed E-state index contributed by atoms with van der Waals surface area (Å²) < 4.78 is 58.2. The van der Waals surface area contributed by atoms with E-state index in [0.29, 0.717) is 45.0 Å². The van der Waals surface area contributed by atoms with Crippen molar-refractivity contribution in [3.63, 3.8) is 0 Å². The molecular formula is C22H21F4N3O2. The molecule has 0 aliphatic carbocycles. The first-order valence-electron chi connectivity index (χ1n) is 9.86. The Morgan fingerprint density at radius 1 is 0.903 bits per heavy atom. The van der Waals surface area contributed by atoms with Crippen LogP contribution in [0.2, 0.25) is 0 Å². The van der Waals surface area contributed by atoms with Crippen LogP contribution in [0.15, 0.2) is 59.5 Å². The molecule has 0 amide bonds. The summed E-state index contributed by atoms with van der Waals surface area (Å²) in [7, 11) is 0. The number of aromatic nitrogens is 1. The smallest absolute Gasteiger partial charge is 0.404 e. The molecule has 0 spiro atoms. The number of rotatable bonds is 5. The van der Waals surface area contributed by atoms with Gasteiger partial charge in [-0.2, -0.15) is 0 Å². The van der Waals surface area contributed by atoms with Crippen LogP contribution in [0.25, 0.3) is 10.9 Å². The Morgan fingerprint density at radius 2 is 1.61 bits per heavy atom. The van der Waals surface area contributed by atoms with Gasteiger partial charge < -0.3 is 9.30 Å². The van der Waals surface area contributed by atoms with Crippen LogP contribution in [0.5, 0.6) is 5.75 Å². The van der Waals surface area contributed by atoms with Gasteiger partial charge in [0.25, 0.3) is 0 Å². The first-order chi connectivity index (χ1) is 14.8. The Kier molecular flexibility index (Phi) is 5.97. The molecule has 0 atom stereocenters. The van der Waals surface area contributed by atoms with E-state index in [1.807, 2.05) is 0 Å². The number of benzene rings is 2. The van der Waals surface area contributed by atoms with E-state index >= 15 is 0 Å². The van der Waals surface area contributed by atoms with Crippen molar-refractivity contribution >= 4 is 10.9 Å². The van der Waals surface area contributed by atoms with E-state index in [-0.39, 0.29) is 22.1 Å². The third-order valence-electron chi connectivity index (χ3n) is 5.35. The summed E-state index contributed by atoms with van der Waals surface area (Å²) in [6.45, 7) is 3.51. The number of pyridine rings is 1. The summed E-state index contributed by atoms with van der Waals surface area (Å²) in [5.41, 5.74) is 0.381. The van der Waals surface area contributed by atoms with Crippen LogP contribution in [0, 0.1) is 5.82 Å². The number of halogens is 4. The number of para-hydroxylation sites is 1. The molecule has 31 heavy (non-hydrogen) atoms. The molecule has 0 bridgehead atoms. The van der Waals surface area contributed by atoms with Gasteiger partial charge in [0.15, 0.2) is 11.2 Å². The molecular weight excluding hydrogens is 414 g/mol. The Balaban J connectivity index is 1.50. The molecule has 164 valence electrons. The van der Waals surface area contributed by atoms with Gasteiger partial charge in [0.05, 0.1) is 12.2 Å². The molecule has 1 aromatic heterocycles. The van der Waals surface area contributed by atoms with Crippen molar-refractivity contribution in [1.29, 1.82) is 0 Å². The fourth-order valence-electron chi connectivity index (χ4n) is 3.84. The fraction of sp³-hybridized carbons (Fsp3) is 0.318. The maximum absolute atomic E-state index is 13.9. The Hall–Kier alpha value is -2.91. The molecule has 3 aromatic rings. The van der Waals surface area contributed by atoms with Gasteiger partial charge in [-0.25, -0.2) is 4.39 Å². The Morgan fingerprint density at radius 3 is 2.32 bits per heavy atom. The normalized spacial score (nSPS) is 16.0. The first-order valence-corrected chi connectivity index (χ1v) is 9.86. The van der Waals surface area contributed by atoms with Crippen molar-refractivity contribution in [3.05, 3.63) is 76.3 Å². The monoisotopic (exact) mass is 435 g/mol. The Labute approximate surface area is 176 Å². The van der Waals surface area contributed by atoms with Crippen molar-refractivity contribution in [3.8, 4) is 5.75 Å². The van der Waals surface area contributed by atoms with Gasteiger partial charge in [-0.15, -0.1) is 13.2 Å². The lowest BCUT2D eigenvalue weighted by molar-refractivity contribution is -0.274. The van der Waals surface area contributed by atoms with Crippen molar-refractivity contribution in [2.24, 2.45) is 0 Å². The summed E-state index contributed by atoms with van der Waals surface area (Å²) in [6.07, 6.45) is -3.37. The number of fused-ring (bicyclic) bond motifs is 1. The third-order valence-corrected chi connectivity index (χ3v) is 5.35. The molecule has 1 aliphatic heterocycles. The van der Waals surface area contributed by atoms with E-state index in [1.165, 1.54) is 36.5 Å². The van der Waals surface area contributed by atoms with Crippen LogP contribution in [0.3, 0.4) is 0 Å². The van der Waals surface area contributed by atoms with Crippen molar-refractivity contribution in [2.75, 3.05) is 26.2 Å². The minimum absolute atomic E-state index is 0.112. The lowest BCUT2D eigenvalue weighted by Crippen LogP contribution is -2.46. The molecule has 1 aliphatic rings. The molecule has 0 saturated carbocycles. The van der Waals surface area contributed by atoms with Gasteiger partial charge in [-0.3, -0.25) is 14.6 Å². The molecule has 5 nitrogen and oxygen atoms in total. The van der Waals surface area contributed by atoms with Crippen LogP contribution in [-0.4, -0.2) is 46.9 Å². The van der Waals surface area contributed by atoms with Gasteiger partial charge in [-0.1, -0.05) is 24.3 Å². The number of piperazine rings is 1. The molecule has 9 heteroatoms. The maximum Gasteiger partial charge on any atom is 0.573 e. The number of hydrogen-bond acceptors (Lipinski definition) is 4. The van der Waals surface area contributed by atoms with E-state index < -0.39 is 12.1 Å². The zero-order valence-electron chi connectivity index (χ0n) is 16.6. The van der Waals surface area contributed by atoms with Crippen molar-refractivity contribution < 1.29 is 22.3 Å². The van der Waals surface area contributed by atoms with Gasteiger partial charge in [0.2, 0.25) is 0 Å². The van der Waals surface area contributed by atoms with E-state index in [0.717, 1.165) is 0 Å². The molecule has 1 saturated heterocycles. The van der Waals surface area contributed by atoms with Crippen molar-refractivity contribution in [1.82, 2.24) is 14.4 Å². The van der Waals surface area contributed by atoms with E-state index in [1.54, 1.807) is 22.8 Å². The predicted molar refractivity (Wildman–Crippen MR) is 108 cm³/mol. The number of ether oxygens (including phenoxy) is 1. The number of alkyl halides is 3. The second-order valence-corrected chi connectivity index (χ2v) is 7.48. The van der Waals surface area contributed by atoms with Crippen molar-refractivity contribution in [2.45, 2.75) is 19.6 Å². The van der Waals surface area contributed by atoms with Gasteiger partial charge in [-0.05, 0) is 18.2 Å². The molecule has 2 aromatic carbocycles. The van der Waals surface area contributed by atoms with Crippen LogP contribution >= 0.6 is 0 Å². The average molecular weight is 435 g/mol. The maximum atomic E-state index is 13.9. The largest absolute Gasteiger partial charge is 0.573 e. The summed E-state index contributed by atoms with van der Waals surface area (Å²) >= 11 is 0. The van der Waals surface area contributed by atoms with Gasteiger partial charge in [0, 0.05) is 55.9 Å². The standard InChI is InChI=1S/C22H21F4N3O2/c23-18-6-2-1-4-16(18)14-27-10-12-28(13-11-27)15-29-9-8-19(30)17-5-3-7-20(21(17)29)31-22(24,25)26/h1-9H,10-15H2. The molecule has 0 N–H and O–H groups in total. The van der Waals surface area contributed by atoms with E-state index in [2.05, 4.69) is 14.5 Å². The highest BCUT2D eigenvalue weighted by Gasteiger charge is 2.32. The highest BCUT2D eigenvalue weighted by Crippen LogP contribution is 2.29. The van der Waals surface area contributed by atoms with Crippen LogP contribution in [0.1, 0.15) is 5.56 Å². The molecule has 0 radical (unpaired) electrons. The lowest BCUT2D eigenvalue weighted by atomic mass is 10.2. The zero-order chi connectivity index (χ0) is 22.0. The SMILES string of the molecule is O=c1ccn(CN2CCN(Cc3ccccc3F)CC2)c2c(OC(F)(F)F)cccc12. The fourth-order valence-corrected chi connectivity index (χ4v) is 3.84. The highest BCUT2D eigenvalue weighted by atomic mass is 19.4. The average Bonchev–Trinajstić information content (AvgIpc) is 2.72. The minimum Gasteiger partial charge on any atom is -0.404 e. The van der Waals surface area contributed by atoms with E-state index in [4.69, 9.17) is 0 Å². The Bertz CT molecular complexity index is 1120. The summed E-state index contributed by atoms with van der Waals surface area (Å²) in [5, 5.41) is 0.169. The molecule has 1 fully saturated rings. The van der Waals surface area contributed by atoms with Gasteiger partial charge >= 0.3 is 6.36 Å². The summed E-state index contributed by atoms with van der Waals surface area (Å²) in [4.78, 5) is 16.4. The number of hydrogen-bond donors (Lipinski definition) is 0. The number of nitrogens with zero attached hydrogens (tertiary/aromatic N) is 3. The molecule has 2 heterocycles. The topological polar surface area (TPSA) is 37.7 Å². The van der Waals surface area contributed by atoms with Crippen LogP contribution < -0.4 is 10.2 Å². The van der Waals surface area contributed by atoms with Crippen LogP contribution in [0.4, 0.5) is 17.6 Å². The highest BCUT2D eigenvalue weighted by molar-refractivity contribution is 5.84. The minimum atomic E-state index is -4.86. The summed E-state index contributed by atoms with van der Waals surface area (Å²) in [6, 6.07) is 12.1. The summed E-state index contributed by atoms with van der Waals surface area (Å²) in [5.74, 6) is -0.636. The predicted octanol–water partition coefficient (Wildman–Crippen LogP) is 3.81. The second kappa shape index (κ2) is 8.68. The van der Waals surface area contributed by atoms with Crippen LogP contribution in [-0.2, 0) is 13.2 Å². The third kappa shape index (κ3) is 5.05. The van der Waals surface area contributed by atoms with E-state index in [9.17, 15) is 22.4 Å². The second-order valence-electron chi connectivity index (χ2n) is 7.48. The first kappa shape index (κ1) is 21.3. The zero-order valence-corrected chi connectivity index (χ0v) is 16.6. The van der Waals surface area contributed by atoms with Gasteiger partial charge in [0.1, 0.15) is 5.82 Å². The lowest BCUT2D eigenvalue weighted by Gasteiger charge is -2.35.